The maximum atomic E-state index is 12.1. The number of benzene rings is 1. The number of hydrogen-bond acceptors (Lipinski definition) is 3. The van der Waals surface area contributed by atoms with E-state index in [1.807, 2.05) is 11.8 Å². The predicted octanol–water partition coefficient (Wildman–Crippen LogP) is 2.48. The molecule has 116 valence electrons. The molecule has 3 nitrogen and oxygen atoms in total. The Bertz CT molecular complexity index is 481. The fourth-order valence-corrected chi connectivity index (χ4v) is 3.48. The molecular formula is C17H26N2OS. The molecule has 0 radical (unpaired) electrons. The van der Waals surface area contributed by atoms with Gasteiger partial charge in [-0.2, -0.15) is 11.8 Å². The summed E-state index contributed by atoms with van der Waals surface area (Å²) in [7, 11) is 0. The third-order valence-electron chi connectivity index (χ3n) is 3.96. The molecule has 1 aromatic carbocycles. The Morgan fingerprint density at radius 3 is 2.95 bits per heavy atom. The van der Waals surface area contributed by atoms with Crippen LogP contribution in [0.15, 0.2) is 24.3 Å². The Kier molecular flexibility index (Phi) is 5.71. The van der Waals surface area contributed by atoms with Gasteiger partial charge in [-0.3, -0.25) is 4.79 Å². The highest BCUT2D eigenvalue weighted by molar-refractivity contribution is 7.99. The van der Waals surface area contributed by atoms with Crippen molar-refractivity contribution in [2.24, 2.45) is 0 Å². The fourth-order valence-electron chi connectivity index (χ4n) is 2.53. The molecule has 1 atom stereocenters. The van der Waals surface area contributed by atoms with Gasteiger partial charge < -0.3 is 10.6 Å². The van der Waals surface area contributed by atoms with Crippen LogP contribution in [0.3, 0.4) is 0 Å². The molecule has 0 aromatic heterocycles. The Labute approximate surface area is 132 Å². The fraction of sp³-hybridized carbons (Fsp3) is 0.588. The zero-order valence-electron chi connectivity index (χ0n) is 13.2. The molecule has 1 heterocycles. The van der Waals surface area contributed by atoms with Crippen molar-refractivity contribution in [3.63, 3.8) is 0 Å². The first-order valence-corrected chi connectivity index (χ1v) is 8.78. The maximum Gasteiger partial charge on any atom is 0.221 e. The molecule has 0 spiro atoms. The van der Waals surface area contributed by atoms with Crippen molar-refractivity contribution in [3.8, 4) is 0 Å². The summed E-state index contributed by atoms with van der Waals surface area (Å²) in [5.41, 5.74) is 2.49. The monoisotopic (exact) mass is 306 g/mol. The number of carbonyl (C=O) groups is 1. The van der Waals surface area contributed by atoms with Crippen LogP contribution in [0.1, 0.15) is 31.4 Å². The number of nitrogens with one attached hydrogen (secondary N) is 2. The minimum absolute atomic E-state index is 0.0452. The maximum absolute atomic E-state index is 12.1. The number of rotatable bonds is 5. The molecule has 2 N–H and O–H groups in total. The summed E-state index contributed by atoms with van der Waals surface area (Å²) in [6, 6.07) is 8.84. The van der Waals surface area contributed by atoms with Crippen LogP contribution in [0, 0.1) is 6.92 Å². The zero-order chi connectivity index (χ0) is 15.3. The minimum Gasteiger partial charge on any atom is -0.355 e. The van der Waals surface area contributed by atoms with Crippen molar-refractivity contribution in [1.29, 1.82) is 0 Å². The molecule has 1 fully saturated rings. The van der Waals surface area contributed by atoms with Gasteiger partial charge in [0.2, 0.25) is 5.91 Å². The molecule has 1 aliphatic heterocycles. The van der Waals surface area contributed by atoms with E-state index >= 15 is 0 Å². The van der Waals surface area contributed by atoms with E-state index in [2.05, 4.69) is 55.7 Å². The van der Waals surface area contributed by atoms with Crippen molar-refractivity contribution in [2.75, 3.05) is 24.6 Å². The van der Waals surface area contributed by atoms with Gasteiger partial charge in [0.25, 0.3) is 0 Å². The van der Waals surface area contributed by atoms with E-state index in [1.54, 1.807) is 0 Å². The smallest absolute Gasteiger partial charge is 0.221 e. The summed E-state index contributed by atoms with van der Waals surface area (Å²) in [5, 5.41) is 6.50. The first-order chi connectivity index (χ1) is 9.97. The SMILES string of the molecule is Cc1cccc(C(C)(C)CNC(=O)CC2CSCCN2)c1. The number of thioether (sulfide) groups is 1. The summed E-state index contributed by atoms with van der Waals surface area (Å²) in [5.74, 6) is 2.34. The van der Waals surface area contributed by atoms with E-state index in [0.717, 1.165) is 18.1 Å². The average Bonchev–Trinajstić information content (AvgIpc) is 2.46. The van der Waals surface area contributed by atoms with Gasteiger partial charge in [0, 0.05) is 42.5 Å². The Balaban J connectivity index is 1.84. The quantitative estimate of drug-likeness (QED) is 0.878. The second kappa shape index (κ2) is 7.32. The first kappa shape index (κ1) is 16.4. The molecule has 1 aliphatic rings. The Morgan fingerprint density at radius 1 is 1.48 bits per heavy atom. The van der Waals surface area contributed by atoms with Gasteiger partial charge in [-0.1, -0.05) is 43.7 Å². The van der Waals surface area contributed by atoms with Gasteiger partial charge in [-0.15, -0.1) is 0 Å². The van der Waals surface area contributed by atoms with Crippen LogP contribution >= 0.6 is 11.8 Å². The van der Waals surface area contributed by atoms with Crippen LogP contribution in [0.2, 0.25) is 0 Å². The summed E-state index contributed by atoms with van der Waals surface area (Å²) in [6.45, 7) is 8.14. The Hall–Kier alpha value is -1.00. The van der Waals surface area contributed by atoms with E-state index in [0.29, 0.717) is 19.0 Å². The summed E-state index contributed by atoms with van der Waals surface area (Å²) >= 11 is 1.92. The van der Waals surface area contributed by atoms with Crippen LogP contribution in [-0.2, 0) is 10.2 Å². The average molecular weight is 306 g/mol. The van der Waals surface area contributed by atoms with Gasteiger partial charge in [0.05, 0.1) is 0 Å². The van der Waals surface area contributed by atoms with Gasteiger partial charge in [-0.25, -0.2) is 0 Å². The second-order valence-electron chi connectivity index (χ2n) is 6.46. The largest absolute Gasteiger partial charge is 0.355 e. The molecule has 0 aliphatic carbocycles. The van der Waals surface area contributed by atoms with E-state index < -0.39 is 0 Å². The molecule has 2 rings (SSSR count). The first-order valence-electron chi connectivity index (χ1n) is 7.62. The van der Waals surface area contributed by atoms with Crippen molar-refractivity contribution >= 4 is 17.7 Å². The molecule has 0 bridgehead atoms. The van der Waals surface area contributed by atoms with Crippen LogP contribution in [-0.4, -0.2) is 36.5 Å². The number of carbonyl (C=O) groups excluding carboxylic acids is 1. The lowest BCUT2D eigenvalue weighted by Gasteiger charge is -2.27. The normalized spacial score (nSPS) is 19.3. The van der Waals surface area contributed by atoms with Crippen molar-refractivity contribution in [2.45, 2.75) is 38.6 Å². The molecule has 1 unspecified atom stereocenters. The van der Waals surface area contributed by atoms with Gasteiger partial charge in [-0.05, 0) is 12.5 Å². The number of hydrogen-bond donors (Lipinski definition) is 2. The van der Waals surface area contributed by atoms with Crippen molar-refractivity contribution in [1.82, 2.24) is 10.6 Å². The lowest BCUT2D eigenvalue weighted by molar-refractivity contribution is -0.121. The predicted molar refractivity (Wildman–Crippen MR) is 90.9 cm³/mol. The van der Waals surface area contributed by atoms with Gasteiger partial charge in [0.1, 0.15) is 0 Å². The zero-order valence-corrected chi connectivity index (χ0v) is 14.1. The summed E-state index contributed by atoms with van der Waals surface area (Å²) < 4.78 is 0. The Morgan fingerprint density at radius 2 is 2.29 bits per heavy atom. The minimum atomic E-state index is -0.0452. The highest BCUT2D eigenvalue weighted by Crippen LogP contribution is 2.23. The van der Waals surface area contributed by atoms with Crippen LogP contribution < -0.4 is 10.6 Å². The lowest BCUT2D eigenvalue weighted by atomic mass is 9.84. The lowest BCUT2D eigenvalue weighted by Crippen LogP contribution is -2.43. The standard InChI is InChI=1S/C17H26N2OS/c1-13-5-4-6-14(9-13)17(2,3)12-19-16(20)10-15-11-21-8-7-18-15/h4-6,9,15,18H,7-8,10-12H2,1-3H3,(H,19,20). The summed E-state index contributed by atoms with van der Waals surface area (Å²) in [4.78, 5) is 12.1. The van der Waals surface area contributed by atoms with Gasteiger partial charge >= 0.3 is 0 Å². The second-order valence-corrected chi connectivity index (χ2v) is 7.61. The number of aryl methyl sites for hydroxylation is 1. The topological polar surface area (TPSA) is 41.1 Å². The highest BCUT2D eigenvalue weighted by Gasteiger charge is 2.23. The van der Waals surface area contributed by atoms with Gasteiger partial charge in [0.15, 0.2) is 0 Å². The van der Waals surface area contributed by atoms with Crippen molar-refractivity contribution in [3.05, 3.63) is 35.4 Å². The number of amides is 1. The van der Waals surface area contributed by atoms with E-state index in [4.69, 9.17) is 0 Å². The van der Waals surface area contributed by atoms with E-state index in [-0.39, 0.29) is 11.3 Å². The summed E-state index contributed by atoms with van der Waals surface area (Å²) in [6.07, 6.45) is 0.580. The van der Waals surface area contributed by atoms with Crippen molar-refractivity contribution < 1.29 is 4.79 Å². The third kappa shape index (κ3) is 5.04. The molecule has 1 aromatic rings. The third-order valence-corrected chi connectivity index (χ3v) is 5.09. The molecule has 1 saturated heterocycles. The van der Waals surface area contributed by atoms with E-state index in [9.17, 15) is 4.79 Å². The van der Waals surface area contributed by atoms with E-state index in [1.165, 1.54) is 11.1 Å². The molecular weight excluding hydrogens is 280 g/mol. The van der Waals surface area contributed by atoms with Crippen LogP contribution in [0.5, 0.6) is 0 Å². The molecule has 4 heteroatoms. The molecule has 1 amide bonds. The highest BCUT2D eigenvalue weighted by atomic mass is 32.2. The van der Waals surface area contributed by atoms with Crippen LogP contribution in [0.25, 0.3) is 0 Å². The molecule has 0 saturated carbocycles. The van der Waals surface area contributed by atoms with Crippen LogP contribution in [0.4, 0.5) is 0 Å². The molecule has 21 heavy (non-hydrogen) atoms.